The van der Waals surface area contributed by atoms with Crippen molar-refractivity contribution in [2.45, 2.75) is 37.5 Å². The van der Waals surface area contributed by atoms with E-state index in [1.807, 2.05) is 0 Å². The van der Waals surface area contributed by atoms with E-state index in [4.69, 9.17) is 5.73 Å². The van der Waals surface area contributed by atoms with Gasteiger partial charge in [-0.2, -0.15) is 0 Å². The van der Waals surface area contributed by atoms with Gasteiger partial charge in [-0.25, -0.2) is 8.78 Å². The van der Waals surface area contributed by atoms with Crippen LogP contribution in [-0.2, 0) is 21.5 Å². The van der Waals surface area contributed by atoms with E-state index >= 15 is 0 Å². The Hall–Kier alpha value is -2.61. The Kier molecular flexibility index (Phi) is 5.11. The largest absolute Gasteiger partial charge is 0.386 e. The Balaban J connectivity index is 1.98. The molecule has 0 spiro atoms. The number of amidine groups is 1. The maximum Gasteiger partial charge on any atom is 0.185 e. The summed E-state index contributed by atoms with van der Waals surface area (Å²) in [4.78, 5) is 20.7. The molecule has 1 aromatic carbocycles. The van der Waals surface area contributed by atoms with Gasteiger partial charge in [0.2, 0.25) is 0 Å². The minimum Gasteiger partial charge on any atom is -0.386 e. The SMILES string of the molecule is C=S1(=O)C[C@@](C)(c2cc(CC(=O)c3ccc(F)cn3)ccc2F)N=C(N)C1(C)C. The van der Waals surface area contributed by atoms with Gasteiger partial charge in [-0.05, 0) is 66.0 Å². The number of carbonyl (C=O) groups is 1. The van der Waals surface area contributed by atoms with E-state index in [1.165, 1.54) is 24.3 Å². The van der Waals surface area contributed by atoms with Gasteiger partial charge < -0.3 is 5.73 Å². The predicted molar refractivity (Wildman–Crippen MR) is 112 cm³/mol. The van der Waals surface area contributed by atoms with Gasteiger partial charge >= 0.3 is 0 Å². The lowest BCUT2D eigenvalue weighted by molar-refractivity contribution is 0.0988. The molecule has 1 aliphatic heterocycles. The van der Waals surface area contributed by atoms with E-state index in [0.29, 0.717) is 5.56 Å². The van der Waals surface area contributed by atoms with Gasteiger partial charge in [0.15, 0.2) is 5.78 Å². The lowest BCUT2D eigenvalue weighted by Gasteiger charge is -2.41. The summed E-state index contributed by atoms with van der Waals surface area (Å²) in [6, 6.07) is 6.73. The molecule has 0 amide bonds. The third-order valence-electron chi connectivity index (χ3n) is 5.42. The normalized spacial score (nSPS) is 26.0. The Bertz CT molecular complexity index is 1110. The zero-order valence-corrected chi connectivity index (χ0v) is 17.4. The standard InChI is InChI=1S/C21H23F2N3O2S/c1-20(2)19(24)26-21(3,12-29(20,4)28)15-9-13(5-7-16(15)23)10-18(27)17-8-6-14(22)11-25-17/h5-9,11H,4,10,12H2,1-3H3,(H2,24,26)/t21-,29?/m0/s1. The maximum atomic E-state index is 14.7. The number of Topliss-reactive ketones (excluding diaryl/α,β-unsaturated/α-hetero) is 1. The minimum absolute atomic E-state index is 0.0293. The van der Waals surface area contributed by atoms with Crippen molar-refractivity contribution in [1.82, 2.24) is 4.98 Å². The van der Waals surface area contributed by atoms with Crippen LogP contribution < -0.4 is 5.73 Å². The molecule has 0 aliphatic carbocycles. The van der Waals surface area contributed by atoms with Gasteiger partial charge in [-0.3, -0.25) is 19.0 Å². The summed E-state index contributed by atoms with van der Waals surface area (Å²) in [6.07, 6.45) is 0.920. The van der Waals surface area contributed by atoms with Crippen LogP contribution in [0.4, 0.5) is 8.78 Å². The van der Waals surface area contributed by atoms with Gasteiger partial charge in [0.1, 0.15) is 23.2 Å². The van der Waals surface area contributed by atoms with E-state index in [-0.39, 0.29) is 35.0 Å². The lowest BCUT2D eigenvalue weighted by Crippen LogP contribution is -2.54. The number of aromatic nitrogens is 1. The summed E-state index contributed by atoms with van der Waals surface area (Å²) in [5.41, 5.74) is 5.75. The topological polar surface area (TPSA) is 85.4 Å². The fraction of sp³-hybridized carbons (Fsp3) is 0.333. The highest BCUT2D eigenvalue weighted by atomic mass is 32.2. The highest BCUT2D eigenvalue weighted by molar-refractivity contribution is 8.02. The van der Waals surface area contributed by atoms with E-state index in [1.54, 1.807) is 20.8 Å². The van der Waals surface area contributed by atoms with Gasteiger partial charge in [0, 0.05) is 17.7 Å². The number of aliphatic imine (C=N–C) groups is 1. The predicted octanol–water partition coefficient (Wildman–Crippen LogP) is 2.87. The molecular formula is C21H23F2N3O2S. The molecule has 2 N–H and O–H groups in total. The molecule has 1 aromatic heterocycles. The summed E-state index contributed by atoms with van der Waals surface area (Å²) >= 11 is 0. The average Bonchev–Trinajstić information content (AvgIpc) is 2.62. The van der Waals surface area contributed by atoms with Crippen LogP contribution in [0.25, 0.3) is 0 Å². The second-order valence-corrected chi connectivity index (χ2v) is 10.9. The molecule has 2 atom stereocenters. The molecule has 0 saturated heterocycles. The highest BCUT2D eigenvalue weighted by Gasteiger charge is 2.45. The van der Waals surface area contributed by atoms with Crippen LogP contribution in [0.5, 0.6) is 0 Å². The molecule has 2 aromatic rings. The van der Waals surface area contributed by atoms with Crippen molar-refractivity contribution in [2.24, 2.45) is 10.7 Å². The van der Waals surface area contributed by atoms with Gasteiger partial charge in [-0.1, -0.05) is 6.07 Å². The van der Waals surface area contributed by atoms with Crippen molar-refractivity contribution in [2.75, 3.05) is 5.75 Å². The number of carbonyl (C=O) groups excluding carboxylic acids is 1. The molecule has 0 fully saturated rings. The fourth-order valence-electron chi connectivity index (χ4n) is 3.31. The molecule has 1 aliphatic rings. The fourth-order valence-corrected chi connectivity index (χ4v) is 5.22. The summed E-state index contributed by atoms with van der Waals surface area (Å²) in [5.74, 6) is 2.64. The van der Waals surface area contributed by atoms with Crippen LogP contribution in [0.3, 0.4) is 0 Å². The van der Waals surface area contributed by atoms with Crippen molar-refractivity contribution in [3.63, 3.8) is 0 Å². The van der Waals surface area contributed by atoms with E-state index in [2.05, 4.69) is 15.8 Å². The minimum atomic E-state index is -2.70. The number of nitrogens with two attached hydrogens (primary N) is 1. The first kappa shape index (κ1) is 21.1. The molecule has 3 rings (SSSR count). The number of hydrogen-bond donors (Lipinski definition) is 1. The van der Waals surface area contributed by atoms with E-state index in [9.17, 15) is 17.8 Å². The van der Waals surface area contributed by atoms with Crippen molar-refractivity contribution in [3.8, 4) is 0 Å². The number of nitrogens with zero attached hydrogens (tertiary/aromatic N) is 2. The number of hydrogen-bond acceptors (Lipinski definition) is 5. The van der Waals surface area contributed by atoms with Crippen molar-refractivity contribution >= 4 is 27.0 Å². The molecule has 0 saturated carbocycles. The quantitative estimate of drug-likeness (QED) is 0.610. The molecule has 8 heteroatoms. The second-order valence-electron chi connectivity index (χ2n) is 8.01. The molecule has 29 heavy (non-hydrogen) atoms. The highest BCUT2D eigenvalue weighted by Crippen LogP contribution is 2.38. The van der Waals surface area contributed by atoms with Crippen molar-refractivity contribution in [1.29, 1.82) is 0 Å². The first-order valence-corrected chi connectivity index (χ1v) is 10.9. The Morgan fingerprint density at radius 2 is 1.93 bits per heavy atom. The van der Waals surface area contributed by atoms with Crippen molar-refractivity contribution in [3.05, 3.63) is 65.0 Å². The van der Waals surface area contributed by atoms with E-state index in [0.717, 1.165) is 12.3 Å². The third-order valence-corrected chi connectivity index (χ3v) is 8.51. The van der Waals surface area contributed by atoms with Gasteiger partial charge in [0.05, 0.1) is 16.5 Å². The zero-order chi connectivity index (χ0) is 21.6. The smallest absolute Gasteiger partial charge is 0.185 e. The third kappa shape index (κ3) is 3.81. The van der Waals surface area contributed by atoms with Gasteiger partial charge in [-0.15, -0.1) is 0 Å². The molecule has 154 valence electrons. The first-order valence-electron chi connectivity index (χ1n) is 9.00. The average molecular weight is 419 g/mol. The van der Waals surface area contributed by atoms with Crippen LogP contribution in [0.1, 0.15) is 42.4 Å². The number of rotatable bonds is 4. The molecule has 5 nitrogen and oxygen atoms in total. The molecule has 0 bridgehead atoms. The second kappa shape index (κ2) is 7.02. The van der Waals surface area contributed by atoms with Gasteiger partial charge in [0.25, 0.3) is 0 Å². The number of ketones is 1. The molecule has 2 heterocycles. The van der Waals surface area contributed by atoms with Crippen LogP contribution in [0.15, 0.2) is 41.5 Å². The Labute approximate surface area is 169 Å². The lowest BCUT2D eigenvalue weighted by atomic mass is 9.90. The summed E-state index contributed by atoms with van der Waals surface area (Å²) < 4.78 is 40.0. The van der Waals surface area contributed by atoms with Crippen LogP contribution in [0, 0.1) is 11.6 Å². The first-order chi connectivity index (χ1) is 13.4. The summed E-state index contributed by atoms with van der Waals surface area (Å²) in [6.45, 7) is 5.08. The van der Waals surface area contributed by atoms with Crippen molar-refractivity contribution < 1.29 is 17.8 Å². The zero-order valence-electron chi connectivity index (χ0n) is 16.5. The summed E-state index contributed by atoms with van der Waals surface area (Å²) in [5, 5.41) is 0. The van der Waals surface area contributed by atoms with Crippen LogP contribution in [-0.4, -0.2) is 37.2 Å². The number of benzene rings is 1. The molecular weight excluding hydrogens is 396 g/mol. The van der Waals surface area contributed by atoms with E-state index < -0.39 is 31.4 Å². The monoisotopic (exact) mass is 419 g/mol. The Morgan fingerprint density at radius 3 is 2.52 bits per heavy atom. The Morgan fingerprint density at radius 1 is 1.24 bits per heavy atom. The molecule has 1 unspecified atom stereocenters. The molecule has 0 radical (unpaired) electrons. The number of halogens is 2. The number of pyridine rings is 1. The van der Waals surface area contributed by atoms with Crippen LogP contribution in [0.2, 0.25) is 0 Å². The maximum absolute atomic E-state index is 14.7. The summed E-state index contributed by atoms with van der Waals surface area (Å²) in [7, 11) is -2.70. The van der Waals surface area contributed by atoms with Crippen LogP contribution >= 0.6 is 0 Å².